The van der Waals surface area contributed by atoms with Crippen LogP contribution in [0.1, 0.15) is 0 Å². The molecule has 7 rings (SSSR count). The molecule has 0 N–H and O–H groups in total. The SMILES string of the molecule is c1ccc(-c2cc(-c3ccccc3)nc(-c3ccccc3-c3ccc4nc(-c5ccccc5)oc4c3)n2)cc1. The van der Waals surface area contributed by atoms with Gasteiger partial charge in [-0.05, 0) is 41.5 Å². The van der Waals surface area contributed by atoms with Crippen molar-refractivity contribution in [2.24, 2.45) is 0 Å². The Balaban J connectivity index is 1.37. The van der Waals surface area contributed by atoms with E-state index in [1.54, 1.807) is 0 Å². The monoisotopic (exact) mass is 501 g/mol. The molecule has 0 amide bonds. The molecule has 0 unspecified atom stereocenters. The Labute approximate surface area is 226 Å². The summed E-state index contributed by atoms with van der Waals surface area (Å²) in [7, 11) is 0. The molecule has 184 valence electrons. The quantitative estimate of drug-likeness (QED) is 0.236. The molecular weight excluding hydrogens is 478 g/mol. The Morgan fingerprint density at radius 3 is 1.56 bits per heavy atom. The fraction of sp³-hybridized carbons (Fsp3) is 0. The van der Waals surface area contributed by atoms with Gasteiger partial charge in [0.1, 0.15) is 5.52 Å². The molecule has 0 aliphatic rings. The van der Waals surface area contributed by atoms with Crippen LogP contribution in [0.2, 0.25) is 0 Å². The number of hydrogen-bond donors (Lipinski definition) is 0. The molecule has 0 aliphatic heterocycles. The molecule has 0 fully saturated rings. The summed E-state index contributed by atoms with van der Waals surface area (Å²) in [6.45, 7) is 0. The van der Waals surface area contributed by atoms with E-state index in [-0.39, 0.29) is 0 Å². The van der Waals surface area contributed by atoms with Crippen LogP contribution in [0.4, 0.5) is 0 Å². The lowest BCUT2D eigenvalue weighted by Crippen LogP contribution is -1.97. The van der Waals surface area contributed by atoms with Crippen molar-refractivity contribution in [3.8, 4) is 56.5 Å². The Kier molecular flexibility index (Phi) is 5.76. The highest BCUT2D eigenvalue weighted by molar-refractivity contribution is 5.88. The minimum absolute atomic E-state index is 0.613. The zero-order valence-electron chi connectivity index (χ0n) is 21.0. The van der Waals surface area contributed by atoms with Gasteiger partial charge in [0.25, 0.3) is 0 Å². The van der Waals surface area contributed by atoms with Gasteiger partial charge >= 0.3 is 0 Å². The summed E-state index contributed by atoms with van der Waals surface area (Å²) < 4.78 is 6.17. The van der Waals surface area contributed by atoms with E-state index in [4.69, 9.17) is 19.4 Å². The second-order valence-corrected chi connectivity index (χ2v) is 9.31. The molecule has 0 saturated heterocycles. The number of nitrogens with zero attached hydrogens (tertiary/aromatic N) is 3. The average Bonchev–Trinajstić information content (AvgIpc) is 3.46. The zero-order valence-corrected chi connectivity index (χ0v) is 21.0. The number of fused-ring (bicyclic) bond motifs is 1. The van der Waals surface area contributed by atoms with Gasteiger partial charge in [0.2, 0.25) is 5.89 Å². The predicted molar refractivity (Wildman–Crippen MR) is 157 cm³/mol. The molecular formula is C35H23N3O. The van der Waals surface area contributed by atoms with Crippen LogP contribution in [-0.2, 0) is 0 Å². The Morgan fingerprint density at radius 1 is 0.410 bits per heavy atom. The third kappa shape index (κ3) is 4.49. The second kappa shape index (κ2) is 9.84. The van der Waals surface area contributed by atoms with Crippen molar-refractivity contribution in [2.75, 3.05) is 0 Å². The highest BCUT2D eigenvalue weighted by atomic mass is 16.3. The summed E-state index contributed by atoms with van der Waals surface area (Å²) in [5, 5.41) is 0. The lowest BCUT2D eigenvalue weighted by atomic mass is 9.98. The van der Waals surface area contributed by atoms with Crippen molar-refractivity contribution in [3.05, 3.63) is 140 Å². The van der Waals surface area contributed by atoms with Crippen LogP contribution >= 0.6 is 0 Å². The van der Waals surface area contributed by atoms with Crippen molar-refractivity contribution in [2.45, 2.75) is 0 Å². The molecule has 4 heteroatoms. The van der Waals surface area contributed by atoms with Gasteiger partial charge in [-0.1, -0.05) is 109 Å². The first-order valence-electron chi connectivity index (χ1n) is 12.9. The molecule has 2 aromatic heterocycles. The number of oxazole rings is 1. The third-order valence-corrected chi connectivity index (χ3v) is 6.75. The van der Waals surface area contributed by atoms with Crippen LogP contribution in [0.25, 0.3) is 67.6 Å². The average molecular weight is 502 g/mol. The van der Waals surface area contributed by atoms with Gasteiger partial charge in [0.15, 0.2) is 11.4 Å². The van der Waals surface area contributed by atoms with E-state index in [0.29, 0.717) is 11.7 Å². The minimum atomic E-state index is 0.613. The van der Waals surface area contributed by atoms with Crippen LogP contribution in [0.3, 0.4) is 0 Å². The number of rotatable bonds is 5. The summed E-state index contributed by atoms with van der Waals surface area (Å²) in [6, 6.07) is 46.9. The molecule has 39 heavy (non-hydrogen) atoms. The first-order chi connectivity index (χ1) is 19.3. The van der Waals surface area contributed by atoms with Crippen LogP contribution in [0.5, 0.6) is 0 Å². The first-order valence-corrected chi connectivity index (χ1v) is 12.9. The van der Waals surface area contributed by atoms with E-state index in [1.807, 2.05) is 91.0 Å². The fourth-order valence-corrected chi connectivity index (χ4v) is 4.81. The molecule has 7 aromatic rings. The van der Waals surface area contributed by atoms with E-state index in [2.05, 4.69) is 48.5 Å². The Hall–Kier alpha value is -5.35. The molecule has 0 atom stereocenters. The Bertz CT molecular complexity index is 1840. The van der Waals surface area contributed by atoms with Crippen LogP contribution in [-0.4, -0.2) is 15.0 Å². The predicted octanol–water partition coefficient (Wildman–Crippen LogP) is 8.95. The third-order valence-electron chi connectivity index (χ3n) is 6.75. The molecule has 0 radical (unpaired) electrons. The summed E-state index contributed by atoms with van der Waals surface area (Å²) in [5.74, 6) is 1.29. The first kappa shape index (κ1) is 22.8. The molecule has 2 heterocycles. The summed E-state index contributed by atoms with van der Waals surface area (Å²) in [5.41, 5.74) is 9.38. The smallest absolute Gasteiger partial charge is 0.227 e. The van der Waals surface area contributed by atoms with Crippen molar-refractivity contribution in [1.82, 2.24) is 15.0 Å². The lowest BCUT2D eigenvalue weighted by Gasteiger charge is -2.12. The van der Waals surface area contributed by atoms with Gasteiger partial charge in [0, 0.05) is 22.3 Å². The minimum Gasteiger partial charge on any atom is -0.436 e. The van der Waals surface area contributed by atoms with Crippen molar-refractivity contribution in [1.29, 1.82) is 0 Å². The maximum atomic E-state index is 6.17. The van der Waals surface area contributed by atoms with Crippen molar-refractivity contribution >= 4 is 11.1 Å². The largest absolute Gasteiger partial charge is 0.436 e. The van der Waals surface area contributed by atoms with Crippen LogP contribution in [0.15, 0.2) is 144 Å². The van der Waals surface area contributed by atoms with E-state index < -0.39 is 0 Å². The standard InChI is InChI=1S/C35H23N3O/c1-4-12-24(13-5-1)31-23-32(25-14-6-2-7-15-25)37-34(36-31)29-19-11-10-18-28(29)27-20-21-30-33(22-27)39-35(38-30)26-16-8-3-9-17-26/h1-23H. The maximum Gasteiger partial charge on any atom is 0.227 e. The van der Waals surface area contributed by atoms with Gasteiger partial charge in [0.05, 0.1) is 11.4 Å². The van der Waals surface area contributed by atoms with Crippen molar-refractivity contribution in [3.63, 3.8) is 0 Å². The zero-order chi connectivity index (χ0) is 26.0. The highest BCUT2D eigenvalue weighted by Gasteiger charge is 2.16. The lowest BCUT2D eigenvalue weighted by molar-refractivity contribution is 0.620. The normalized spacial score (nSPS) is 11.1. The molecule has 0 saturated carbocycles. The van der Waals surface area contributed by atoms with E-state index in [1.165, 1.54) is 0 Å². The molecule has 0 spiro atoms. The Morgan fingerprint density at radius 2 is 0.949 bits per heavy atom. The number of aromatic nitrogens is 3. The van der Waals surface area contributed by atoms with Crippen LogP contribution < -0.4 is 0 Å². The summed E-state index contributed by atoms with van der Waals surface area (Å²) >= 11 is 0. The number of hydrogen-bond acceptors (Lipinski definition) is 4. The van der Waals surface area contributed by atoms with Gasteiger partial charge in [-0.15, -0.1) is 0 Å². The molecule has 4 nitrogen and oxygen atoms in total. The molecule has 5 aromatic carbocycles. The van der Waals surface area contributed by atoms with Gasteiger partial charge in [-0.25, -0.2) is 15.0 Å². The summed E-state index contributed by atoms with van der Waals surface area (Å²) in [6.07, 6.45) is 0. The highest BCUT2D eigenvalue weighted by Crippen LogP contribution is 2.35. The van der Waals surface area contributed by atoms with Gasteiger partial charge in [-0.3, -0.25) is 0 Å². The van der Waals surface area contributed by atoms with Gasteiger partial charge in [-0.2, -0.15) is 0 Å². The van der Waals surface area contributed by atoms with E-state index >= 15 is 0 Å². The van der Waals surface area contributed by atoms with Crippen molar-refractivity contribution < 1.29 is 4.42 Å². The van der Waals surface area contributed by atoms with Gasteiger partial charge < -0.3 is 4.42 Å². The number of benzene rings is 5. The topological polar surface area (TPSA) is 51.8 Å². The van der Waals surface area contributed by atoms with E-state index in [9.17, 15) is 0 Å². The maximum absolute atomic E-state index is 6.17. The molecule has 0 bridgehead atoms. The summed E-state index contributed by atoms with van der Waals surface area (Å²) in [4.78, 5) is 14.8. The van der Waals surface area contributed by atoms with Crippen LogP contribution in [0, 0.1) is 0 Å². The molecule has 0 aliphatic carbocycles. The van der Waals surface area contributed by atoms with E-state index in [0.717, 1.165) is 55.9 Å². The second-order valence-electron chi connectivity index (χ2n) is 9.31. The fourth-order valence-electron chi connectivity index (χ4n) is 4.81.